The van der Waals surface area contributed by atoms with E-state index in [2.05, 4.69) is 59.2 Å². The minimum Gasteiger partial charge on any atom is -0.465 e. The molecule has 7 nitrogen and oxygen atoms in total. The van der Waals surface area contributed by atoms with Crippen LogP contribution in [0.15, 0.2) is 109 Å². The zero-order valence-electron chi connectivity index (χ0n) is 23.4. The van der Waals surface area contributed by atoms with Crippen LogP contribution in [0.4, 0.5) is 4.79 Å². The predicted octanol–water partition coefficient (Wildman–Crippen LogP) is 5.26. The van der Waals surface area contributed by atoms with Crippen LogP contribution in [-0.4, -0.2) is 54.1 Å². The smallest absolute Gasteiger partial charge is 0.407 e. The fourth-order valence-corrected chi connectivity index (χ4v) is 5.40. The maximum atomic E-state index is 13.1. The van der Waals surface area contributed by atoms with Crippen LogP contribution in [-0.2, 0) is 22.4 Å². The first kappa shape index (κ1) is 28.6. The maximum absolute atomic E-state index is 13.1. The first-order chi connectivity index (χ1) is 20.5. The lowest BCUT2D eigenvalue weighted by Crippen LogP contribution is -2.42. The Morgan fingerprint density at radius 1 is 0.571 bits per heavy atom. The van der Waals surface area contributed by atoms with E-state index >= 15 is 0 Å². The van der Waals surface area contributed by atoms with Crippen LogP contribution in [0.1, 0.15) is 11.1 Å². The SMILES string of the molecule is O=C(NCCc1ccc(-c2ccccc2)cc1)[C@@H]1CN(C(=O)O)C[C@H]1C(=O)NCCc1ccc(-c2ccccc2)cc1. The van der Waals surface area contributed by atoms with Crippen molar-refractivity contribution in [3.63, 3.8) is 0 Å². The van der Waals surface area contributed by atoms with Crippen LogP contribution in [0.5, 0.6) is 0 Å². The Bertz CT molecular complexity index is 1380. The molecule has 1 saturated heterocycles. The largest absolute Gasteiger partial charge is 0.465 e. The summed E-state index contributed by atoms with van der Waals surface area (Å²) in [6, 6.07) is 36.7. The number of hydrogen-bond donors (Lipinski definition) is 3. The van der Waals surface area contributed by atoms with Crippen molar-refractivity contribution < 1.29 is 19.5 Å². The molecular weight excluding hydrogens is 526 g/mol. The fraction of sp³-hybridized carbons (Fsp3) is 0.229. The first-order valence-electron chi connectivity index (χ1n) is 14.3. The number of likely N-dealkylation sites (tertiary alicyclic amines) is 1. The number of carboxylic acid groups (broad SMARTS) is 1. The van der Waals surface area contributed by atoms with Crippen molar-refractivity contribution in [1.29, 1.82) is 0 Å². The van der Waals surface area contributed by atoms with E-state index < -0.39 is 17.9 Å². The van der Waals surface area contributed by atoms with E-state index in [1.807, 2.05) is 60.7 Å². The average Bonchev–Trinajstić information content (AvgIpc) is 3.49. The molecule has 0 bridgehead atoms. The molecule has 0 aromatic heterocycles. The van der Waals surface area contributed by atoms with E-state index in [0.29, 0.717) is 25.9 Å². The van der Waals surface area contributed by atoms with E-state index in [9.17, 15) is 19.5 Å². The Balaban J connectivity index is 1.11. The van der Waals surface area contributed by atoms with Gasteiger partial charge in [-0.3, -0.25) is 9.59 Å². The van der Waals surface area contributed by atoms with Gasteiger partial charge in [0.2, 0.25) is 11.8 Å². The minimum absolute atomic E-state index is 0.00593. The van der Waals surface area contributed by atoms with Gasteiger partial charge < -0.3 is 20.6 Å². The van der Waals surface area contributed by atoms with Crippen molar-refractivity contribution in [1.82, 2.24) is 15.5 Å². The third-order valence-corrected chi connectivity index (χ3v) is 7.81. The molecule has 214 valence electrons. The quantitative estimate of drug-likeness (QED) is 0.246. The van der Waals surface area contributed by atoms with Gasteiger partial charge in [0.15, 0.2) is 0 Å². The summed E-state index contributed by atoms with van der Waals surface area (Å²) in [6.45, 7) is 0.818. The van der Waals surface area contributed by atoms with Gasteiger partial charge >= 0.3 is 6.09 Å². The third kappa shape index (κ3) is 7.23. The molecule has 2 atom stereocenters. The van der Waals surface area contributed by atoms with Crippen molar-refractivity contribution in [3.05, 3.63) is 120 Å². The molecule has 4 aromatic carbocycles. The minimum atomic E-state index is -1.12. The number of benzene rings is 4. The molecule has 1 aliphatic heterocycles. The molecule has 1 aliphatic rings. The molecule has 5 rings (SSSR count). The van der Waals surface area contributed by atoms with Gasteiger partial charge in [0.25, 0.3) is 0 Å². The monoisotopic (exact) mass is 561 g/mol. The van der Waals surface area contributed by atoms with Crippen LogP contribution < -0.4 is 10.6 Å². The Kier molecular flexibility index (Phi) is 9.29. The normalized spacial score (nSPS) is 16.1. The Morgan fingerprint density at radius 2 is 0.929 bits per heavy atom. The lowest BCUT2D eigenvalue weighted by molar-refractivity contribution is -0.132. The molecule has 3 amide bonds. The van der Waals surface area contributed by atoms with Gasteiger partial charge in [-0.1, -0.05) is 109 Å². The third-order valence-electron chi connectivity index (χ3n) is 7.81. The second-order valence-corrected chi connectivity index (χ2v) is 10.6. The second kappa shape index (κ2) is 13.6. The van der Waals surface area contributed by atoms with E-state index in [1.54, 1.807) is 0 Å². The highest BCUT2D eigenvalue weighted by molar-refractivity contribution is 5.89. The molecule has 42 heavy (non-hydrogen) atoms. The lowest BCUT2D eigenvalue weighted by Gasteiger charge is -2.17. The van der Waals surface area contributed by atoms with Crippen molar-refractivity contribution in [3.8, 4) is 22.3 Å². The highest BCUT2D eigenvalue weighted by atomic mass is 16.4. The lowest BCUT2D eigenvalue weighted by atomic mass is 9.94. The Hall–Kier alpha value is -4.91. The summed E-state index contributed by atoms with van der Waals surface area (Å²) in [4.78, 5) is 39.0. The van der Waals surface area contributed by atoms with Gasteiger partial charge in [-0.05, 0) is 46.2 Å². The number of hydrogen-bond acceptors (Lipinski definition) is 3. The zero-order chi connectivity index (χ0) is 29.3. The summed E-state index contributed by atoms with van der Waals surface area (Å²) >= 11 is 0. The standard InChI is InChI=1S/C35H35N3O4/c39-33(36-21-19-25-11-15-29(16-12-25)27-7-3-1-4-8-27)31-23-38(35(41)42)24-32(31)34(40)37-22-20-26-13-17-30(18-14-26)28-9-5-2-6-10-28/h1-18,31-32H,19-24H2,(H,36,39)(H,37,40)(H,41,42)/t31-,32-/m1/s1. The molecule has 0 unspecified atom stereocenters. The van der Waals surface area contributed by atoms with Gasteiger partial charge in [-0.15, -0.1) is 0 Å². The van der Waals surface area contributed by atoms with Gasteiger partial charge in [0.1, 0.15) is 0 Å². The van der Waals surface area contributed by atoms with Gasteiger partial charge in [-0.25, -0.2) is 4.79 Å². The van der Waals surface area contributed by atoms with Crippen LogP contribution in [0, 0.1) is 11.8 Å². The molecule has 1 fully saturated rings. The highest BCUT2D eigenvalue weighted by Gasteiger charge is 2.43. The number of carbonyl (C=O) groups is 3. The molecule has 0 radical (unpaired) electrons. The van der Waals surface area contributed by atoms with Gasteiger partial charge in [-0.2, -0.15) is 0 Å². The van der Waals surface area contributed by atoms with E-state index in [1.165, 1.54) is 0 Å². The molecule has 4 aromatic rings. The molecule has 7 heteroatoms. The average molecular weight is 562 g/mol. The molecule has 1 heterocycles. The van der Waals surface area contributed by atoms with Crippen molar-refractivity contribution in [2.75, 3.05) is 26.2 Å². The van der Waals surface area contributed by atoms with Crippen molar-refractivity contribution >= 4 is 17.9 Å². The Labute approximate surface area is 246 Å². The van der Waals surface area contributed by atoms with Crippen molar-refractivity contribution in [2.45, 2.75) is 12.8 Å². The van der Waals surface area contributed by atoms with Crippen LogP contribution in [0.3, 0.4) is 0 Å². The molecule has 0 spiro atoms. The number of carbonyl (C=O) groups excluding carboxylic acids is 2. The molecule has 0 saturated carbocycles. The fourth-order valence-electron chi connectivity index (χ4n) is 5.40. The topological polar surface area (TPSA) is 98.7 Å². The number of nitrogens with one attached hydrogen (secondary N) is 2. The summed E-state index contributed by atoms with van der Waals surface area (Å²) in [6.07, 6.45) is 0.145. The Morgan fingerprint density at radius 3 is 1.29 bits per heavy atom. The second-order valence-electron chi connectivity index (χ2n) is 10.6. The number of amides is 3. The van der Waals surface area contributed by atoms with Gasteiger partial charge in [0.05, 0.1) is 11.8 Å². The summed E-state index contributed by atoms with van der Waals surface area (Å²) in [5, 5.41) is 15.4. The molecule has 0 aliphatic carbocycles. The maximum Gasteiger partial charge on any atom is 0.407 e. The van der Waals surface area contributed by atoms with Crippen molar-refractivity contribution in [2.24, 2.45) is 11.8 Å². The van der Waals surface area contributed by atoms with E-state index in [0.717, 1.165) is 38.3 Å². The highest BCUT2D eigenvalue weighted by Crippen LogP contribution is 2.25. The number of rotatable bonds is 10. The summed E-state index contributed by atoms with van der Waals surface area (Å²) < 4.78 is 0. The first-order valence-corrected chi connectivity index (χ1v) is 14.3. The van der Waals surface area contributed by atoms with E-state index in [4.69, 9.17) is 0 Å². The molecule has 3 N–H and O–H groups in total. The number of nitrogens with zero attached hydrogens (tertiary/aromatic N) is 1. The summed E-state index contributed by atoms with van der Waals surface area (Å²) in [7, 11) is 0. The van der Waals surface area contributed by atoms with E-state index in [-0.39, 0.29) is 24.9 Å². The summed E-state index contributed by atoms with van der Waals surface area (Å²) in [5.41, 5.74) is 6.71. The van der Waals surface area contributed by atoms with Crippen LogP contribution in [0.2, 0.25) is 0 Å². The predicted molar refractivity (Wildman–Crippen MR) is 164 cm³/mol. The van der Waals surface area contributed by atoms with Crippen LogP contribution in [0.25, 0.3) is 22.3 Å². The summed E-state index contributed by atoms with van der Waals surface area (Å²) in [5.74, 6) is -2.05. The zero-order valence-corrected chi connectivity index (χ0v) is 23.4. The van der Waals surface area contributed by atoms with Crippen LogP contribution >= 0.6 is 0 Å². The van der Waals surface area contributed by atoms with Gasteiger partial charge in [0, 0.05) is 26.2 Å². The molecular formula is C35H35N3O4.